The molecular formula is C20H18BrN3O5. The largest absolute Gasteiger partial charge is 0.378 e. The zero-order valence-electron chi connectivity index (χ0n) is 15.3. The second-order valence-electron chi connectivity index (χ2n) is 6.28. The summed E-state index contributed by atoms with van der Waals surface area (Å²) in [4.78, 5) is 37.7. The third kappa shape index (κ3) is 5.49. The molecule has 1 heterocycles. The number of morpholine rings is 1. The summed E-state index contributed by atoms with van der Waals surface area (Å²) in [6.45, 7) is 1.63. The highest BCUT2D eigenvalue weighted by molar-refractivity contribution is 9.10. The summed E-state index contributed by atoms with van der Waals surface area (Å²) in [6.07, 6.45) is 1.45. The predicted molar refractivity (Wildman–Crippen MR) is 110 cm³/mol. The maximum absolute atomic E-state index is 13.0. The Kier molecular flexibility index (Phi) is 6.73. The van der Waals surface area contributed by atoms with Crippen molar-refractivity contribution in [3.05, 3.63) is 79.9 Å². The normalized spacial score (nSPS) is 14.4. The molecule has 2 amide bonds. The van der Waals surface area contributed by atoms with Gasteiger partial charge in [-0.3, -0.25) is 19.7 Å². The molecule has 0 radical (unpaired) electrons. The van der Waals surface area contributed by atoms with Crippen molar-refractivity contribution in [2.24, 2.45) is 0 Å². The SMILES string of the molecule is O=C(N/C(=C\c1cccc([N+](=O)[O-])c1)C(=O)N1CCOCC1)c1ccc(Br)cc1. The van der Waals surface area contributed by atoms with Gasteiger partial charge in [-0.15, -0.1) is 0 Å². The molecule has 1 aliphatic heterocycles. The van der Waals surface area contributed by atoms with Crippen LogP contribution in [0.3, 0.4) is 0 Å². The van der Waals surface area contributed by atoms with E-state index in [-0.39, 0.29) is 17.3 Å². The molecule has 0 bridgehead atoms. The van der Waals surface area contributed by atoms with Gasteiger partial charge in [0.1, 0.15) is 5.70 Å². The van der Waals surface area contributed by atoms with Crippen LogP contribution in [0.4, 0.5) is 5.69 Å². The van der Waals surface area contributed by atoms with Crippen LogP contribution in [0.5, 0.6) is 0 Å². The Balaban J connectivity index is 1.91. The first-order chi connectivity index (χ1) is 13.9. The van der Waals surface area contributed by atoms with Gasteiger partial charge in [-0.2, -0.15) is 0 Å². The minimum atomic E-state index is -0.513. The summed E-state index contributed by atoms with van der Waals surface area (Å²) < 4.78 is 6.10. The molecule has 0 atom stereocenters. The van der Waals surface area contributed by atoms with Crippen molar-refractivity contribution in [2.45, 2.75) is 0 Å². The Bertz CT molecular complexity index is 953. The minimum absolute atomic E-state index is 0.0420. The van der Waals surface area contributed by atoms with E-state index in [4.69, 9.17) is 4.74 Å². The number of ether oxygens (including phenoxy) is 1. The number of benzene rings is 2. The van der Waals surface area contributed by atoms with Crippen molar-refractivity contribution in [3.8, 4) is 0 Å². The molecule has 8 nitrogen and oxygen atoms in total. The number of nitro groups is 1. The fourth-order valence-electron chi connectivity index (χ4n) is 2.78. The van der Waals surface area contributed by atoms with Crippen LogP contribution < -0.4 is 5.32 Å². The number of nitro benzene ring substituents is 1. The lowest BCUT2D eigenvalue weighted by Crippen LogP contribution is -2.44. The maximum Gasteiger partial charge on any atom is 0.270 e. The third-order valence-corrected chi connectivity index (χ3v) is 4.80. The molecule has 29 heavy (non-hydrogen) atoms. The van der Waals surface area contributed by atoms with Crippen LogP contribution in [0.2, 0.25) is 0 Å². The number of rotatable bonds is 5. The molecule has 2 aromatic carbocycles. The standard InChI is InChI=1S/C20H18BrN3O5/c21-16-6-4-15(5-7-16)19(25)22-18(20(26)23-8-10-29-11-9-23)13-14-2-1-3-17(12-14)24(27)28/h1-7,12-13H,8-11H2,(H,22,25)/b18-13-. The number of nitrogens with one attached hydrogen (secondary N) is 1. The Morgan fingerprint density at radius 1 is 1.14 bits per heavy atom. The number of hydrogen-bond acceptors (Lipinski definition) is 5. The van der Waals surface area contributed by atoms with Crippen molar-refractivity contribution in [1.82, 2.24) is 10.2 Å². The van der Waals surface area contributed by atoms with Gasteiger partial charge in [-0.25, -0.2) is 0 Å². The van der Waals surface area contributed by atoms with Crippen LogP contribution in [0.25, 0.3) is 6.08 Å². The third-order valence-electron chi connectivity index (χ3n) is 4.28. The summed E-state index contributed by atoms with van der Waals surface area (Å²) in [5.74, 6) is -0.818. The number of carbonyl (C=O) groups excluding carboxylic acids is 2. The Hall–Kier alpha value is -3.04. The molecule has 1 saturated heterocycles. The van der Waals surface area contributed by atoms with Gasteiger partial charge in [-0.1, -0.05) is 28.1 Å². The molecule has 3 rings (SSSR count). The fraction of sp³-hybridized carbons (Fsp3) is 0.200. The van der Waals surface area contributed by atoms with Crippen LogP contribution >= 0.6 is 15.9 Å². The average molecular weight is 460 g/mol. The van der Waals surface area contributed by atoms with Crippen molar-refractivity contribution >= 4 is 39.5 Å². The molecule has 0 saturated carbocycles. The quantitative estimate of drug-likeness (QED) is 0.420. The summed E-state index contributed by atoms with van der Waals surface area (Å²) >= 11 is 3.31. The summed E-state index contributed by atoms with van der Waals surface area (Å²) in [7, 11) is 0. The van der Waals surface area contributed by atoms with Gasteiger partial charge >= 0.3 is 0 Å². The summed E-state index contributed by atoms with van der Waals surface area (Å²) in [5, 5.41) is 13.7. The van der Waals surface area contributed by atoms with E-state index in [1.165, 1.54) is 24.3 Å². The smallest absolute Gasteiger partial charge is 0.270 e. The van der Waals surface area contributed by atoms with Crippen LogP contribution in [-0.4, -0.2) is 47.9 Å². The Morgan fingerprint density at radius 2 is 1.83 bits per heavy atom. The van der Waals surface area contributed by atoms with Gasteiger partial charge in [0.25, 0.3) is 17.5 Å². The van der Waals surface area contributed by atoms with Crippen LogP contribution in [0, 0.1) is 10.1 Å². The first kappa shape index (κ1) is 20.7. The van der Waals surface area contributed by atoms with Gasteiger partial charge in [0, 0.05) is 35.3 Å². The van der Waals surface area contributed by atoms with Gasteiger partial charge in [0.2, 0.25) is 0 Å². The number of halogens is 1. The minimum Gasteiger partial charge on any atom is -0.378 e. The Morgan fingerprint density at radius 3 is 2.48 bits per heavy atom. The van der Waals surface area contributed by atoms with E-state index in [1.54, 1.807) is 35.2 Å². The van der Waals surface area contributed by atoms with Gasteiger partial charge in [-0.05, 0) is 35.9 Å². The molecule has 0 unspecified atom stereocenters. The van der Waals surface area contributed by atoms with Crippen LogP contribution in [-0.2, 0) is 9.53 Å². The van der Waals surface area contributed by atoms with Gasteiger partial charge < -0.3 is 15.0 Å². The monoisotopic (exact) mass is 459 g/mol. The predicted octanol–water partition coefficient (Wildman–Crippen LogP) is 2.99. The molecule has 2 aromatic rings. The average Bonchev–Trinajstić information content (AvgIpc) is 2.74. The highest BCUT2D eigenvalue weighted by atomic mass is 79.9. The van der Waals surface area contributed by atoms with E-state index >= 15 is 0 Å². The maximum atomic E-state index is 13.0. The Labute approximate surface area is 175 Å². The molecule has 0 spiro atoms. The number of nitrogens with zero attached hydrogens (tertiary/aromatic N) is 2. The molecule has 1 aliphatic rings. The molecular weight excluding hydrogens is 442 g/mol. The highest BCUT2D eigenvalue weighted by Crippen LogP contribution is 2.17. The van der Waals surface area contributed by atoms with E-state index in [0.29, 0.717) is 37.4 Å². The summed E-state index contributed by atoms with van der Waals surface area (Å²) in [5.41, 5.74) is 0.760. The lowest BCUT2D eigenvalue weighted by molar-refractivity contribution is -0.384. The summed E-state index contributed by atoms with van der Waals surface area (Å²) in [6, 6.07) is 12.6. The molecule has 9 heteroatoms. The highest BCUT2D eigenvalue weighted by Gasteiger charge is 2.23. The molecule has 0 aromatic heterocycles. The van der Waals surface area contributed by atoms with Gasteiger partial charge in [0.15, 0.2) is 0 Å². The van der Waals surface area contributed by atoms with Crippen molar-refractivity contribution in [3.63, 3.8) is 0 Å². The second kappa shape index (κ2) is 9.44. The zero-order chi connectivity index (χ0) is 20.8. The van der Waals surface area contributed by atoms with Crippen molar-refractivity contribution < 1.29 is 19.2 Å². The van der Waals surface area contributed by atoms with E-state index in [1.807, 2.05) is 0 Å². The molecule has 1 fully saturated rings. The number of carbonyl (C=O) groups is 2. The van der Waals surface area contributed by atoms with E-state index < -0.39 is 10.8 Å². The zero-order valence-corrected chi connectivity index (χ0v) is 16.9. The van der Waals surface area contributed by atoms with Crippen LogP contribution in [0.15, 0.2) is 58.7 Å². The number of hydrogen-bond donors (Lipinski definition) is 1. The lowest BCUT2D eigenvalue weighted by atomic mass is 10.1. The first-order valence-electron chi connectivity index (χ1n) is 8.84. The molecule has 150 valence electrons. The van der Waals surface area contributed by atoms with E-state index in [0.717, 1.165) is 4.47 Å². The number of non-ortho nitro benzene ring substituents is 1. The first-order valence-corrected chi connectivity index (χ1v) is 9.63. The van der Waals surface area contributed by atoms with Crippen molar-refractivity contribution in [2.75, 3.05) is 26.3 Å². The van der Waals surface area contributed by atoms with Gasteiger partial charge in [0.05, 0.1) is 18.1 Å². The lowest BCUT2D eigenvalue weighted by Gasteiger charge is -2.27. The van der Waals surface area contributed by atoms with E-state index in [2.05, 4.69) is 21.2 Å². The second-order valence-corrected chi connectivity index (χ2v) is 7.19. The van der Waals surface area contributed by atoms with Crippen LogP contribution in [0.1, 0.15) is 15.9 Å². The topological polar surface area (TPSA) is 102 Å². The number of amides is 2. The van der Waals surface area contributed by atoms with Crippen molar-refractivity contribution in [1.29, 1.82) is 0 Å². The van der Waals surface area contributed by atoms with E-state index in [9.17, 15) is 19.7 Å². The molecule has 1 N–H and O–H groups in total. The fourth-order valence-corrected chi connectivity index (χ4v) is 3.04. The molecule has 0 aliphatic carbocycles.